The standard InChI is InChI=1S/C23H18N2S/c1-13-7-8-16-19(11-13)24-12-25-22(16)18-10-14(2)9-17-21-15(3)5-4-6-20(21)26-23(17)18/h4-12H,1-3H3. The van der Waals surface area contributed by atoms with Crippen molar-refractivity contribution in [2.24, 2.45) is 0 Å². The van der Waals surface area contributed by atoms with Crippen LogP contribution in [-0.4, -0.2) is 9.97 Å². The van der Waals surface area contributed by atoms with Crippen LogP contribution in [0.3, 0.4) is 0 Å². The molecule has 0 bridgehead atoms. The van der Waals surface area contributed by atoms with Gasteiger partial charge in [0.15, 0.2) is 0 Å². The highest BCUT2D eigenvalue weighted by Gasteiger charge is 2.15. The van der Waals surface area contributed by atoms with Crippen molar-refractivity contribution in [2.75, 3.05) is 0 Å². The quantitative estimate of drug-likeness (QED) is 0.339. The summed E-state index contributed by atoms with van der Waals surface area (Å²) in [5, 5.41) is 3.81. The summed E-state index contributed by atoms with van der Waals surface area (Å²) in [7, 11) is 0. The Kier molecular flexibility index (Phi) is 3.34. The highest BCUT2D eigenvalue weighted by atomic mass is 32.1. The molecule has 0 radical (unpaired) electrons. The Balaban J connectivity index is 1.94. The first kappa shape index (κ1) is 15.5. The number of rotatable bonds is 1. The van der Waals surface area contributed by atoms with Gasteiger partial charge in [0, 0.05) is 31.1 Å². The summed E-state index contributed by atoms with van der Waals surface area (Å²) in [6, 6.07) is 17.5. The van der Waals surface area contributed by atoms with Gasteiger partial charge in [-0.3, -0.25) is 0 Å². The van der Waals surface area contributed by atoms with Crippen LogP contribution in [0.25, 0.3) is 42.3 Å². The highest BCUT2D eigenvalue weighted by Crippen LogP contribution is 2.42. The molecule has 2 nitrogen and oxygen atoms in total. The van der Waals surface area contributed by atoms with Crippen molar-refractivity contribution >= 4 is 42.4 Å². The zero-order valence-electron chi connectivity index (χ0n) is 15.0. The molecule has 0 saturated carbocycles. The third-order valence-corrected chi connectivity index (χ3v) is 6.20. The van der Waals surface area contributed by atoms with Gasteiger partial charge in [-0.05, 0) is 61.7 Å². The smallest absolute Gasteiger partial charge is 0.116 e. The molecule has 0 aliphatic rings. The van der Waals surface area contributed by atoms with E-state index < -0.39 is 0 Å². The van der Waals surface area contributed by atoms with E-state index in [1.165, 1.54) is 42.4 Å². The van der Waals surface area contributed by atoms with Crippen molar-refractivity contribution in [2.45, 2.75) is 20.8 Å². The minimum atomic E-state index is 1.00. The van der Waals surface area contributed by atoms with Crippen LogP contribution in [0.1, 0.15) is 16.7 Å². The van der Waals surface area contributed by atoms with Gasteiger partial charge in [-0.1, -0.05) is 24.3 Å². The van der Waals surface area contributed by atoms with Crippen molar-refractivity contribution in [3.8, 4) is 11.3 Å². The molecule has 0 fully saturated rings. The number of aromatic nitrogens is 2. The summed E-state index contributed by atoms with van der Waals surface area (Å²) in [6.07, 6.45) is 1.68. The number of aryl methyl sites for hydroxylation is 3. The largest absolute Gasteiger partial charge is 0.236 e. The molecule has 0 unspecified atom stereocenters. The highest BCUT2D eigenvalue weighted by molar-refractivity contribution is 7.26. The van der Waals surface area contributed by atoms with Crippen LogP contribution in [0.4, 0.5) is 0 Å². The van der Waals surface area contributed by atoms with E-state index in [1.54, 1.807) is 6.33 Å². The zero-order chi connectivity index (χ0) is 17.8. The predicted octanol–water partition coefficient (Wildman–Crippen LogP) is 6.59. The van der Waals surface area contributed by atoms with E-state index in [0.717, 1.165) is 16.6 Å². The van der Waals surface area contributed by atoms with Gasteiger partial charge in [0.2, 0.25) is 0 Å². The molecule has 0 aliphatic carbocycles. The molecule has 2 aromatic heterocycles. The van der Waals surface area contributed by atoms with Crippen molar-refractivity contribution in [1.82, 2.24) is 9.97 Å². The molecule has 26 heavy (non-hydrogen) atoms. The van der Waals surface area contributed by atoms with Gasteiger partial charge in [0.25, 0.3) is 0 Å². The molecule has 126 valence electrons. The van der Waals surface area contributed by atoms with Crippen LogP contribution in [0.5, 0.6) is 0 Å². The van der Waals surface area contributed by atoms with Crippen LogP contribution >= 0.6 is 11.3 Å². The summed E-state index contributed by atoms with van der Waals surface area (Å²) < 4.78 is 2.64. The van der Waals surface area contributed by atoms with E-state index in [9.17, 15) is 0 Å². The number of hydrogen-bond acceptors (Lipinski definition) is 3. The minimum Gasteiger partial charge on any atom is -0.236 e. The lowest BCUT2D eigenvalue weighted by Gasteiger charge is -2.09. The fourth-order valence-electron chi connectivity index (χ4n) is 3.81. The van der Waals surface area contributed by atoms with E-state index in [2.05, 4.69) is 79.3 Å². The molecule has 0 amide bonds. The Hall–Kier alpha value is -2.78. The first-order chi connectivity index (χ1) is 12.6. The summed E-state index contributed by atoms with van der Waals surface area (Å²) >= 11 is 1.86. The zero-order valence-corrected chi connectivity index (χ0v) is 15.8. The maximum Gasteiger partial charge on any atom is 0.116 e. The Morgan fingerprint density at radius 2 is 1.69 bits per heavy atom. The van der Waals surface area contributed by atoms with E-state index in [0.29, 0.717) is 0 Å². The third-order valence-electron chi connectivity index (χ3n) is 5.00. The number of hydrogen-bond donors (Lipinski definition) is 0. The van der Waals surface area contributed by atoms with E-state index in [4.69, 9.17) is 0 Å². The number of nitrogens with zero attached hydrogens (tertiary/aromatic N) is 2. The molecule has 0 saturated heterocycles. The Bertz CT molecular complexity index is 1310. The van der Waals surface area contributed by atoms with Crippen LogP contribution in [-0.2, 0) is 0 Å². The van der Waals surface area contributed by atoms with Gasteiger partial charge in [-0.25, -0.2) is 9.97 Å². The molecular formula is C23H18N2S. The number of thiophene rings is 1. The first-order valence-corrected chi connectivity index (χ1v) is 9.58. The lowest BCUT2D eigenvalue weighted by atomic mass is 9.99. The van der Waals surface area contributed by atoms with Crippen LogP contribution in [0.2, 0.25) is 0 Å². The fourth-order valence-corrected chi connectivity index (χ4v) is 5.08. The molecule has 5 aromatic rings. The lowest BCUT2D eigenvalue weighted by Crippen LogP contribution is -1.90. The van der Waals surface area contributed by atoms with Crippen LogP contribution in [0, 0.1) is 20.8 Å². The molecule has 0 spiro atoms. The van der Waals surface area contributed by atoms with E-state index in [-0.39, 0.29) is 0 Å². The van der Waals surface area contributed by atoms with Gasteiger partial charge >= 0.3 is 0 Å². The molecule has 3 aromatic carbocycles. The topological polar surface area (TPSA) is 25.8 Å². The summed E-state index contributed by atoms with van der Waals surface area (Å²) in [4.78, 5) is 9.17. The average Bonchev–Trinajstić information content (AvgIpc) is 3.00. The second kappa shape index (κ2) is 5.61. The molecule has 3 heteroatoms. The van der Waals surface area contributed by atoms with E-state index >= 15 is 0 Å². The maximum absolute atomic E-state index is 4.69. The summed E-state index contributed by atoms with van der Waals surface area (Å²) in [6.45, 7) is 6.46. The molecule has 0 N–H and O–H groups in total. The van der Waals surface area contributed by atoms with Crippen molar-refractivity contribution in [1.29, 1.82) is 0 Å². The monoisotopic (exact) mass is 354 g/mol. The second-order valence-electron chi connectivity index (χ2n) is 6.98. The van der Waals surface area contributed by atoms with Crippen LogP contribution in [0.15, 0.2) is 54.9 Å². The number of benzene rings is 3. The minimum absolute atomic E-state index is 1.00. The Morgan fingerprint density at radius 3 is 2.58 bits per heavy atom. The van der Waals surface area contributed by atoms with Gasteiger partial charge < -0.3 is 0 Å². The summed E-state index contributed by atoms with van der Waals surface area (Å²) in [5.74, 6) is 0. The molecular weight excluding hydrogens is 336 g/mol. The van der Waals surface area contributed by atoms with Crippen molar-refractivity contribution < 1.29 is 0 Å². The molecule has 0 aliphatic heterocycles. The van der Waals surface area contributed by atoms with Crippen molar-refractivity contribution in [3.63, 3.8) is 0 Å². The normalized spacial score (nSPS) is 11.7. The van der Waals surface area contributed by atoms with Crippen LogP contribution < -0.4 is 0 Å². The van der Waals surface area contributed by atoms with Gasteiger partial charge in [0.1, 0.15) is 6.33 Å². The van der Waals surface area contributed by atoms with E-state index in [1.807, 2.05) is 11.3 Å². The second-order valence-corrected chi connectivity index (χ2v) is 8.03. The van der Waals surface area contributed by atoms with Gasteiger partial charge in [0.05, 0.1) is 11.2 Å². The first-order valence-electron chi connectivity index (χ1n) is 8.76. The van der Waals surface area contributed by atoms with Gasteiger partial charge in [-0.2, -0.15) is 0 Å². The van der Waals surface area contributed by atoms with Gasteiger partial charge in [-0.15, -0.1) is 11.3 Å². The molecule has 0 atom stereocenters. The Morgan fingerprint density at radius 1 is 0.808 bits per heavy atom. The molecule has 2 heterocycles. The fraction of sp³-hybridized carbons (Fsp3) is 0.130. The third kappa shape index (κ3) is 2.24. The number of fused-ring (bicyclic) bond motifs is 4. The lowest BCUT2D eigenvalue weighted by molar-refractivity contribution is 1.22. The SMILES string of the molecule is Cc1ccc2c(-c3cc(C)cc4c3sc3cccc(C)c34)ncnc2c1. The molecule has 5 rings (SSSR count). The summed E-state index contributed by atoms with van der Waals surface area (Å²) in [5.41, 5.74) is 7.03. The average molecular weight is 354 g/mol. The van der Waals surface area contributed by atoms with Crippen molar-refractivity contribution in [3.05, 3.63) is 71.5 Å². The Labute approximate surface area is 156 Å². The maximum atomic E-state index is 4.69. The predicted molar refractivity (Wildman–Crippen MR) is 112 cm³/mol.